The van der Waals surface area contributed by atoms with Crippen LogP contribution in [0.3, 0.4) is 0 Å². The quantitative estimate of drug-likeness (QED) is 0.706. The van der Waals surface area contributed by atoms with E-state index in [1.165, 1.54) is 11.8 Å². The molecular formula is C10H19NO5S. The summed E-state index contributed by atoms with van der Waals surface area (Å²) in [6, 6.07) is -0.214. The van der Waals surface area contributed by atoms with Gasteiger partial charge in [0, 0.05) is 18.3 Å². The largest absolute Gasteiger partial charge is 0.481 e. The topological polar surface area (TPSA) is 91.8 Å². The summed E-state index contributed by atoms with van der Waals surface area (Å²) in [7, 11) is -3.37. The fraction of sp³-hybridized carbons (Fsp3) is 0.800. The zero-order chi connectivity index (χ0) is 13.6. The molecule has 7 heteroatoms. The van der Waals surface area contributed by atoms with Crippen molar-refractivity contribution in [3.8, 4) is 0 Å². The molecule has 100 valence electrons. The first kappa shape index (κ1) is 15.9. The van der Waals surface area contributed by atoms with Crippen molar-refractivity contribution in [3.63, 3.8) is 0 Å². The second kappa shape index (κ2) is 6.58. The van der Waals surface area contributed by atoms with E-state index in [1.807, 2.05) is 0 Å². The Hall–Kier alpha value is -1.11. The molecule has 0 aliphatic rings. The number of amides is 1. The van der Waals surface area contributed by atoms with Gasteiger partial charge in [0.1, 0.15) is 5.75 Å². The lowest BCUT2D eigenvalue weighted by Gasteiger charge is -2.26. The minimum absolute atomic E-state index is 0.0328. The predicted molar refractivity (Wildman–Crippen MR) is 63.4 cm³/mol. The Bertz CT molecular complexity index is 374. The van der Waals surface area contributed by atoms with Crippen LogP contribution in [0.4, 0.5) is 0 Å². The Morgan fingerprint density at radius 2 is 1.82 bits per heavy atom. The molecule has 0 rings (SSSR count). The third-order valence-corrected chi connectivity index (χ3v) is 3.86. The highest BCUT2D eigenvalue weighted by atomic mass is 32.2. The van der Waals surface area contributed by atoms with Crippen LogP contribution >= 0.6 is 0 Å². The highest BCUT2D eigenvalue weighted by molar-refractivity contribution is 7.92. The summed E-state index contributed by atoms with van der Waals surface area (Å²) in [5.74, 6) is -2.20. The summed E-state index contributed by atoms with van der Waals surface area (Å²) in [5.41, 5.74) is 0. The maximum atomic E-state index is 11.7. The van der Waals surface area contributed by atoms with Crippen LogP contribution in [-0.2, 0) is 19.4 Å². The molecule has 1 N–H and O–H groups in total. The molecule has 6 nitrogen and oxygen atoms in total. The van der Waals surface area contributed by atoms with E-state index in [2.05, 4.69) is 0 Å². The van der Waals surface area contributed by atoms with Crippen molar-refractivity contribution in [1.29, 1.82) is 0 Å². The lowest BCUT2D eigenvalue weighted by Crippen LogP contribution is -2.41. The van der Waals surface area contributed by atoms with Crippen LogP contribution in [0, 0.1) is 0 Å². The van der Waals surface area contributed by atoms with Crippen LogP contribution in [0.2, 0.25) is 0 Å². The van der Waals surface area contributed by atoms with E-state index in [1.54, 1.807) is 13.8 Å². The van der Waals surface area contributed by atoms with E-state index < -0.39 is 27.5 Å². The number of hydrogen-bond donors (Lipinski definition) is 1. The number of carbonyl (C=O) groups is 2. The van der Waals surface area contributed by atoms with Crippen molar-refractivity contribution < 1.29 is 23.1 Å². The molecule has 1 amide bonds. The maximum absolute atomic E-state index is 11.7. The standard InChI is InChI=1S/C10H19NO5S/c1-4-17(15,16)7-9(12)11(8(2)3)6-5-10(13)14/h8H,4-7H2,1-3H3,(H,13,14). The minimum atomic E-state index is -3.37. The van der Waals surface area contributed by atoms with Crippen molar-refractivity contribution >= 4 is 21.7 Å². The molecule has 0 spiro atoms. The molecule has 17 heavy (non-hydrogen) atoms. The molecule has 0 aromatic heterocycles. The second-order valence-corrected chi connectivity index (χ2v) is 6.35. The van der Waals surface area contributed by atoms with Crippen molar-refractivity contribution in [2.75, 3.05) is 18.1 Å². The van der Waals surface area contributed by atoms with Crippen LogP contribution < -0.4 is 0 Å². The third-order valence-electron chi connectivity index (χ3n) is 2.29. The van der Waals surface area contributed by atoms with Crippen molar-refractivity contribution in [2.24, 2.45) is 0 Å². The SMILES string of the molecule is CCS(=O)(=O)CC(=O)N(CCC(=O)O)C(C)C. The van der Waals surface area contributed by atoms with Crippen molar-refractivity contribution in [1.82, 2.24) is 4.90 Å². The molecule has 0 saturated carbocycles. The summed E-state index contributed by atoms with van der Waals surface area (Å²) >= 11 is 0. The normalized spacial score (nSPS) is 11.5. The first-order valence-electron chi connectivity index (χ1n) is 5.41. The average Bonchev–Trinajstić information content (AvgIpc) is 2.16. The lowest BCUT2D eigenvalue weighted by atomic mass is 10.3. The number of carboxylic acid groups (broad SMARTS) is 1. The highest BCUT2D eigenvalue weighted by Crippen LogP contribution is 2.03. The molecule has 0 aromatic carbocycles. The van der Waals surface area contributed by atoms with Gasteiger partial charge in [0.05, 0.1) is 6.42 Å². The maximum Gasteiger partial charge on any atom is 0.305 e. The first-order chi connectivity index (χ1) is 7.69. The number of carboxylic acids is 1. The molecule has 0 saturated heterocycles. The van der Waals surface area contributed by atoms with Gasteiger partial charge in [-0.1, -0.05) is 6.92 Å². The van der Waals surface area contributed by atoms with Crippen molar-refractivity contribution in [2.45, 2.75) is 33.2 Å². The van der Waals surface area contributed by atoms with Gasteiger partial charge in [-0.2, -0.15) is 0 Å². The number of aliphatic carboxylic acids is 1. The average molecular weight is 265 g/mol. The lowest BCUT2D eigenvalue weighted by molar-refractivity contribution is -0.138. The van der Waals surface area contributed by atoms with E-state index >= 15 is 0 Å². The predicted octanol–water partition coefficient (Wildman–Crippen LogP) is 0.133. The monoisotopic (exact) mass is 265 g/mol. The number of sulfone groups is 1. The van der Waals surface area contributed by atoms with Crippen LogP contribution in [0.1, 0.15) is 27.2 Å². The zero-order valence-electron chi connectivity index (χ0n) is 10.3. The van der Waals surface area contributed by atoms with Gasteiger partial charge in [0.2, 0.25) is 5.91 Å². The van der Waals surface area contributed by atoms with Gasteiger partial charge in [0.15, 0.2) is 9.84 Å². The summed E-state index contributed by atoms with van der Waals surface area (Å²) in [4.78, 5) is 23.4. The van der Waals surface area contributed by atoms with Crippen LogP contribution in [0.5, 0.6) is 0 Å². The first-order valence-corrected chi connectivity index (χ1v) is 7.23. The summed E-state index contributed by atoms with van der Waals surface area (Å²) in [6.45, 7) is 4.95. The van der Waals surface area contributed by atoms with E-state index in [-0.39, 0.29) is 24.8 Å². The fourth-order valence-electron chi connectivity index (χ4n) is 1.26. The number of nitrogens with zero attached hydrogens (tertiary/aromatic N) is 1. The summed E-state index contributed by atoms with van der Waals surface area (Å²) < 4.78 is 22.6. The van der Waals surface area contributed by atoms with Crippen molar-refractivity contribution in [3.05, 3.63) is 0 Å². The molecule has 0 radical (unpaired) electrons. The smallest absolute Gasteiger partial charge is 0.305 e. The van der Waals surface area contributed by atoms with Gasteiger partial charge < -0.3 is 10.0 Å². The molecular weight excluding hydrogens is 246 g/mol. The van der Waals surface area contributed by atoms with E-state index in [0.717, 1.165) is 0 Å². The van der Waals surface area contributed by atoms with Gasteiger partial charge in [-0.3, -0.25) is 9.59 Å². The number of rotatable bonds is 7. The summed E-state index contributed by atoms with van der Waals surface area (Å²) in [5, 5.41) is 8.55. The van der Waals surface area contributed by atoms with E-state index in [0.29, 0.717) is 0 Å². The van der Waals surface area contributed by atoms with Gasteiger partial charge in [0.25, 0.3) is 0 Å². The van der Waals surface area contributed by atoms with Gasteiger partial charge in [-0.05, 0) is 13.8 Å². The van der Waals surface area contributed by atoms with Gasteiger partial charge in [-0.15, -0.1) is 0 Å². The Balaban J connectivity index is 4.61. The Labute approximate surface area is 102 Å². The van der Waals surface area contributed by atoms with Crippen LogP contribution in [0.15, 0.2) is 0 Å². The van der Waals surface area contributed by atoms with Gasteiger partial charge in [-0.25, -0.2) is 8.42 Å². The Morgan fingerprint density at radius 1 is 1.29 bits per heavy atom. The summed E-state index contributed by atoms with van der Waals surface area (Å²) in [6.07, 6.45) is -0.184. The van der Waals surface area contributed by atoms with E-state index in [9.17, 15) is 18.0 Å². The minimum Gasteiger partial charge on any atom is -0.481 e. The molecule has 0 unspecified atom stereocenters. The Kier molecular flexibility index (Phi) is 6.15. The van der Waals surface area contributed by atoms with Crippen LogP contribution in [-0.4, -0.2) is 54.4 Å². The highest BCUT2D eigenvalue weighted by Gasteiger charge is 2.22. The number of hydrogen-bond acceptors (Lipinski definition) is 4. The molecule has 0 aromatic rings. The molecule has 0 bridgehead atoms. The van der Waals surface area contributed by atoms with Gasteiger partial charge >= 0.3 is 5.97 Å². The molecule has 0 aliphatic heterocycles. The number of carbonyl (C=O) groups excluding carboxylic acids is 1. The zero-order valence-corrected chi connectivity index (χ0v) is 11.2. The second-order valence-electron chi connectivity index (χ2n) is 4.00. The van der Waals surface area contributed by atoms with Crippen LogP contribution in [0.25, 0.3) is 0 Å². The molecule has 0 aliphatic carbocycles. The molecule has 0 fully saturated rings. The third kappa shape index (κ3) is 6.25. The Morgan fingerprint density at radius 3 is 2.18 bits per heavy atom. The molecule has 0 heterocycles. The van der Waals surface area contributed by atoms with E-state index in [4.69, 9.17) is 5.11 Å². The fourth-order valence-corrected chi connectivity index (χ4v) is 2.01. The molecule has 0 atom stereocenters.